The summed E-state index contributed by atoms with van der Waals surface area (Å²) in [7, 11) is 0. The summed E-state index contributed by atoms with van der Waals surface area (Å²) in [5.74, 6) is -0.879. The number of carbonyl (C=O) groups is 1. The lowest BCUT2D eigenvalue weighted by Crippen LogP contribution is -2.45. The van der Waals surface area contributed by atoms with Crippen LogP contribution >= 0.6 is 12.2 Å². The maximum Gasteiger partial charge on any atom is 0.253 e. The molecule has 1 heterocycles. The van der Waals surface area contributed by atoms with Crippen LogP contribution in [0.15, 0.2) is 12.1 Å². The lowest BCUT2D eigenvalue weighted by Gasteiger charge is -2.38. The topological polar surface area (TPSA) is 80.9 Å². The minimum Gasteiger partial charge on any atom is -0.392 e. The van der Waals surface area contributed by atoms with Gasteiger partial charge in [-0.2, -0.15) is 0 Å². The number of aliphatic hydroxyl groups excluding tert-OH is 1. The van der Waals surface area contributed by atoms with E-state index in [1.807, 2.05) is 6.92 Å². The summed E-state index contributed by atoms with van der Waals surface area (Å²) in [5, 5.41) is 13.0. The number of H-pyrrole nitrogens is 2. The number of amides is 1. The molecule has 1 saturated carbocycles. The fourth-order valence-electron chi connectivity index (χ4n) is 3.25. The molecule has 0 radical (unpaired) electrons. The molecule has 2 aromatic rings. The molecule has 1 aliphatic carbocycles. The van der Waals surface area contributed by atoms with Crippen molar-refractivity contribution < 1.29 is 14.3 Å². The molecule has 5 nitrogen and oxygen atoms in total. The van der Waals surface area contributed by atoms with E-state index in [2.05, 4.69) is 15.3 Å². The molecule has 0 saturated heterocycles. The molecule has 7 heteroatoms. The Morgan fingerprint density at radius 2 is 2.26 bits per heavy atom. The summed E-state index contributed by atoms with van der Waals surface area (Å²) in [5.41, 5.74) is 0.819. The van der Waals surface area contributed by atoms with E-state index >= 15 is 0 Å². The zero-order chi connectivity index (χ0) is 16.6. The van der Waals surface area contributed by atoms with Crippen LogP contribution in [0.25, 0.3) is 11.0 Å². The molecule has 1 aromatic carbocycles. The fourth-order valence-corrected chi connectivity index (χ4v) is 3.46. The average Bonchev–Trinajstić information content (AvgIpc) is 2.87. The van der Waals surface area contributed by atoms with Gasteiger partial charge in [-0.25, -0.2) is 4.39 Å². The van der Waals surface area contributed by atoms with Crippen LogP contribution in [0.4, 0.5) is 4.39 Å². The maximum absolute atomic E-state index is 13.7. The number of imidazole rings is 1. The van der Waals surface area contributed by atoms with Gasteiger partial charge < -0.3 is 20.4 Å². The molecule has 23 heavy (non-hydrogen) atoms. The van der Waals surface area contributed by atoms with Crippen molar-refractivity contribution in [3.63, 3.8) is 0 Å². The van der Waals surface area contributed by atoms with Gasteiger partial charge in [0.05, 0.1) is 22.7 Å². The second-order valence-electron chi connectivity index (χ2n) is 6.55. The van der Waals surface area contributed by atoms with E-state index in [4.69, 9.17) is 12.2 Å². The van der Waals surface area contributed by atoms with Gasteiger partial charge in [0.2, 0.25) is 0 Å². The summed E-state index contributed by atoms with van der Waals surface area (Å²) in [6, 6.07) is 2.49. The molecular formula is C16H20FN3O2S. The molecule has 3 rings (SSSR count). The average molecular weight is 337 g/mol. The summed E-state index contributed by atoms with van der Waals surface area (Å²) in [4.78, 5) is 18.2. The Morgan fingerprint density at radius 3 is 3.00 bits per heavy atom. The first-order valence-electron chi connectivity index (χ1n) is 7.77. The number of aromatic amines is 2. The largest absolute Gasteiger partial charge is 0.392 e. The van der Waals surface area contributed by atoms with Crippen molar-refractivity contribution in [2.45, 2.75) is 38.7 Å². The third kappa shape index (κ3) is 3.16. The highest BCUT2D eigenvalue weighted by molar-refractivity contribution is 7.71. The van der Waals surface area contributed by atoms with Crippen LogP contribution < -0.4 is 5.32 Å². The van der Waals surface area contributed by atoms with Crippen molar-refractivity contribution in [1.82, 2.24) is 15.3 Å². The molecule has 124 valence electrons. The highest BCUT2D eigenvalue weighted by Crippen LogP contribution is 2.35. The Morgan fingerprint density at radius 1 is 1.48 bits per heavy atom. The van der Waals surface area contributed by atoms with Crippen LogP contribution in [0.5, 0.6) is 0 Å². The summed E-state index contributed by atoms with van der Waals surface area (Å²) in [6.45, 7) is 2.33. The molecule has 1 amide bonds. The van der Waals surface area contributed by atoms with Gasteiger partial charge in [-0.1, -0.05) is 19.8 Å². The monoisotopic (exact) mass is 337 g/mol. The fraction of sp³-hybridized carbons (Fsp3) is 0.500. The van der Waals surface area contributed by atoms with Gasteiger partial charge in [0.1, 0.15) is 5.82 Å². The number of nitrogens with one attached hydrogen (secondary N) is 3. The Hall–Kier alpha value is -1.73. The third-order valence-corrected chi connectivity index (χ3v) is 4.97. The Bertz CT molecular complexity index is 800. The maximum atomic E-state index is 13.7. The molecule has 0 spiro atoms. The highest BCUT2D eigenvalue weighted by atomic mass is 32.1. The van der Waals surface area contributed by atoms with E-state index in [9.17, 15) is 14.3 Å². The molecule has 2 atom stereocenters. The van der Waals surface area contributed by atoms with E-state index in [0.29, 0.717) is 22.3 Å². The SMILES string of the molecule is CC1(CNC(=O)c2cc(F)cc3[nH]c(=S)[nH]c23)CCCCC1O. The molecule has 1 aromatic heterocycles. The number of carbonyl (C=O) groups excluding carboxylic acids is 1. The normalized spacial score (nSPS) is 24.7. The second-order valence-corrected chi connectivity index (χ2v) is 6.96. The number of fused-ring (bicyclic) bond motifs is 1. The Balaban J connectivity index is 1.82. The predicted octanol–water partition coefficient (Wildman–Crippen LogP) is 3.04. The molecule has 1 fully saturated rings. The van der Waals surface area contributed by atoms with Crippen molar-refractivity contribution in [1.29, 1.82) is 0 Å². The number of benzene rings is 1. The number of hydrogen-bond acceptors (Lipinski definition) is 3. The zero-order valence-electron chi connectivity index (χ0n) is 12.9. The number of halogens is 1. The Labute approximate surface area is 138 Å². The van der Waals surface area contributed by atoms with Crippen LogP contribution in [-0.2, 0) is 0 Å². The van der Waals surface area contributed by atoms with Crippen molar-refractivity contribution in [3.8, 4) is 0 Å². The first-order valence-corrected chi connectivity index (χ1v) is 8.18. The second kappa shape index (κ2) is 6.05. The number of rotatable bonds is 3. The van der Waals surface area contributed by atoms with E-state index in [0.717, 1.165) is 25.7 Å². The molecule has 1 aliphatic rings. The van der Waals surface area contributed by atoms with E-state index in [-0.39, 0.29) is 16.9 Å². The molecule has 0 bridgehead atoms. The van der Waals surface area contributed by atoms with Crippen LogP contribution in [0.2, 0.25) is 0 Å². The summed E-state index contributed by atoms with van der Waals surface area (Å²) in [6.07, 6.45) is 3.23. The van der Waals surface area contributed by atoms with Crippen LogP contribution in [0.1, 0.15) is 43.0 Å². The lowest BCUT2D eigenvalue weighted by atomic mass is 9.73. The van der Waals surface area contributed by atoms with E-state index in [1.54, 1.807) is 0 Å². The van der Waals surface area contributed by atoms with Crippen molar-refractivity contribution in [2.24, 2.45) is 5.41 Å². The number of aliphatic hydroxyl groups is 1. The molecular weight excluding hydrogens is 317 g/mol. The van der Waals surface area contributed by atoms with Crippen LogP contribution in [-0.4, -0.2) is 33.6 Å². The quantitative estimate of drug-likeness (QED) is 0.650. The van der Waals surface area contributed by atoms with Crippen LogP contribution in [0.3, 0.4) is 0 Å². The number of hydrogen-bond donors (Lipinski definition) is 4. The Kier molecular flexibility index (Phi) is 4.25. The van der Waals surface area contributed by atoms with Crippen LogP contribution in [0, 0.1) is 16.0 Å². The van der Waals surface area contributed by atoms with Crippen molar-refractivity contribution in [2.75, 3.05) is 6.54 Å². The van der Waals surface area contributed by atoms with Gasteiger partial charge in [0.25, 0.3) is 5.91 Å². The first kappa shape index (κ1) is 16.1. The number of aromatic nitrogens is 2. The van der Waals surface area contributed by atoms with Gasteiger partial charge in [0, 0.05) is 12.0 Å². The van der Waals surface area contributed by atoms with Crippen molar-refractivity contribution in [3.05, 3.63) is 28.3 Å². The van der Waals surface area contributed by atoms with Gasteiger partial charge in [-0.15, -0.1) is 0 Å². The first-order chi connectivity index (χ1) is 10.9. The third-order valence-electron chi connectivity index (χ3n) is 4.77. The summed E-state index contributed by atoms with van der Waals surface area (Å²) >= 11 is 5.00. The standard InChI is InChI=1S/C16H20FN3O2S/c1-16(5-3-2-4-12(16)21)8-18-14(22)10-6-9(17)7-11-13(10)20-15(23)19-11/h6-7,12,21H,2-5,8H2,1H3,(H,18,22)(H2,19,20,23). The van der Waals surface area contributed by atoms with E-state index in [1.165, 1.54) is 12.1 Å². The van der Waals surface area contributed by atoms with Gasteiger partial charge in [-0.3, -0.25) is 4.79 Å². The van der Waals surface area contributed by atoms with Gasteiger partial charge in [0.15, 0.2) is 4.77 Å². The minimum atomic E-state index is -0.503. The molecule has 0 aliphatic heterocycles. The zero-order valence-corrected chi connectivity index (χ0v) is 13.7. The lowest BCUT2D eigenvalue weighted by molar-refractivity contribution is 0.00191. The minimum absolute atomic E-state index is 0.209. The van der Waals surface area contributed by atoms with Crippen molar-refractivity contribution >= 4 is 29.2 Å². The highest BCUT2D eigenvalue weighted by Gasteiger charge is 2.35. The molecule has 2 unspecified atom stereocenters. The van der Waals surface area contributed by atoms with Gasteiger partial charge in [-0.05, 0) is 37.2 Å². The molecule has 4 N–H and O–H groups in total. The van der Waals surface area contributed by atoms with E-state index < -0.39 is 11.9 Å². The summed E-state index contributed by atoms with van der Waals surface area (Å²) < 4.78 is 14.1. The smallest absolute Gasteiger partial charge is 0.253 e. The predicted molar refractivity (Wildman–Crippen MR) is 88.4 cm³/mol. The van der Waals surface area contributed by atoms with Gasteiger partial charge >= 0.3 is 0 Å².